The van der Waals surface area contributed by atoms with E-state index in [0.717, 1.165) is 37.2 Å². The minimum Gasteiger partial charge on any atom is -0.357 e. The molecule has 1 fully saturated rings. The number of nitrogens with zero attached hydrogens (tertiary/aromatic N) is 4. The van der Waals surface area contributed by atoms with Crippen LogP contribution >= 0.6 is 24.0 Å². The molecule has 0 aromatic carbocycles. The fourth-order valence-corrected chi connectivity index (χ4v) is 3.52. The van der Waals surface area contributed by atoms with Crippen LogP contribution in [-0.4, -0.2) is 52.9 Å². The first kappa shape index (κ1) is 23.2. The highest BCUT2D eigenvalue weighted by molar-refractivity contribution is 14.0. The van der Waals surface area contributed by atoms with Gasteiger partial charge >= 0.3 is 0 Å². The number of aromatic nitrogens is 2. The maximum absolute atomic E-state index is 4.75. The average molecular weight is 476 g/mol. The lowest BCUT2D eigenvalue weighted by atomic mass is 10.0. The molecule has 6 nitrogen and oxygen atoms in total. The second-order valence-corrected chi connectivity index (χ2v) is 7.13. The zero-order valence-corrected chi connectivity index (χ0v) is 19.5. The SMILES string of the molecule is CCNC(=NCc1c(C)nn(C)c1C)NCCCN1CCCCC1C.I. The summed E-state index contributed by atoms with van der Waals surface area (Å²) in [5.41, 5.74) is 3.48. The molecule has 0 saturated carbocycles. The zero-order valence-electron chi connectivity index (χ0n) is 17.1. The molecule has 1 aliphatic heterocycles. The lowest BCUT2D eigenvalue weighted by Gasteiger charge is -2.33. The highest BCUT2D eigenvalue weighted by Crippen LogP contribution is 2.16. The van der Waals surface area contributed by atoms with Gasteiger partial charge in [0.25, 0.3) is 0 Å². The van der Waals surface area contributed by atoms with E-state index >= 15 is 0 Å². The highest BCUT2D eigenvalue weighted by atomic mass is 127. The smallest absolute Gasteiger partial charge is 0.191 e. The Morgan fingerprint density at radius 1 is 1.27 bits per heavy atom. The van der Waals surface area contributed by atoms with Crippen molar-refractivity contribution in [3.8, 4) is 0 Å². The summed E-state index contributed by atoms with van der Waals surface area (Å²) in [5, 5.41) is 11.3. The summed E-state index contributed by atoms with van der Waals surface area (Å²) in [7, 11) is 1.99. The van der Waals surface area contributed by atoms with Gasteiger partial charge in [-0.3, -0.25) is 4.68 Å². The molecule has 0 bridgehead atoms. The van der Waals surface area contributed by atoms with Gasteiger partial charge in [-0.05, 0) is 53.5 Å². The Morgan fingerprint density at radius 2 is 2.04 bits per heavy atom. The van der Waals surface area contributed by atoms with Crippen molar-refractivity contribution >= 4 is 29.9 Å². The number of nitrogens with one attached hydrogen (secondary N) is 2. The quantitative estimate of drug-likeness (QED) is 0.275. The van der Waals surface area contributed by atoms with Crippen molar-refractivity contribution in [2.45, 2.75) is 66.0 Å². The van der Waals surface area contributed by atoms with E-state index in [4.69, 9.17) is 4.99 Å². The second kappa shape index (κ2) is 11.8. The van der Waals surface area contributed by atoms with Crippen molar-refractivity contribution in [1.82, 2.24) is 25.3 Å². The van der Waals surface area contributed by atoms with Gasteiger partial charge < -0.3 is 15.5 Å². The number of guanidine groups is 1. The van der Waals surface area contributed by atoms with E-state index in [1.807, 2.05) is 11.7 Å². The molecule has 0 radical (unpaired) electrons. The van der Waals surface area contributed by atoms with Gasteiger partial charge in [0.05, 0.1) is 12.2 Å². The lowest BCUT2D eigenvalue weighted by Crippen LogP contribution is -2.41. The molecule has 1 atom stereocenters. The summed E-state index contributed by atoms with van der Waals surface area (Å²) in [6.45, 7) is 13.6. The number of likely N-dealkylation sites (tertiary alicyclic amines) is 1. The van der Waals surface area contributed by atoms with Crippen molar-refractivity contribution in [2.75, 3.05) is 26.2 Å². The average Bonchev–Trinajstić information content (AvgIpc) is 2.83. The van der Waals surface area contributed by atoms with Gasteiger partial charge in [0.15, 0.2) is 5.96 Å². The number of piperidine rings is 1. The Kier molecular flexibility index (Phi) is 10.5. The highest BCUT2D eigenvalue weighted by Gasteiger charge is 2.17. The van der Waals surface area contributed by atoms with E-state index in [1.165, 1.54) is 43.6 Å². The van der Waals surface area contributed by atoms with Crippen LogP contribution in [0, 0.1) is 13.8 Å². The fraction of sp³-hybridized carbons (Fsp3) is 0.789. The number of aliphatic imine (C=N–C) groups is 1. The first-order valence-electron chi connectivity index (χ1n) is 9.78. The van der Waals surface area contributed by atoms with Crippen LogP contribution in [-0.2, 0) is 13.6 Å². The number of halogens is 1. The number of hydrogen-bond acceptors (Lipinski definition) is 3. The first-order valence-corrected chi connectivity index (χ1v) is 9.78. The standard InChI is InChI=1S/C19H36N6.HI/c1-6-20-19(22-14-18-16(3)23-24(5)17(18)4)21-11-9-13-25-12-8-7-10-15(25)2;/h15H,6-14H2,1-5H3,(H2,20,21,22);1H. The predicted molar refractivity (Wildman–Crippen MR) is 120 cm³/mol. The topological polar surface area (TPSA) is 57.5 Å². The Bertz CT molecular complexity index is 569. The maximum Gasteiger partial charge on any atom is 0.191 e. The summed E-state index contributed by atoms with van der Waals surface area (Å²) >= 11 is 0. The minimum atomic E-state index is 0. The van der Waals surface area contributed by atoms with Crippen LogP contribution < -0.4 is 10.6 Å². The van der Waals surface area contributed by atoms with Crippen LogP contribution in [0.25, 0.3) is 0 Å². The number of aryl methyl sites for hydroxylation is 2. The second-order valence-electron chi connectivity index (χ2n) is 7.13. The van der Waals surface area contributed by atoms with E-state index in [1.54, 1.807) is 0 Å². The largest absolute Gasteiger partial charge is 0.357 e. The summed E-state index contributed by atoms with van der Waals surface area (Å²) in [4.78, 5) is 7.37. The van der Waals surface area contributed by atoms with E-state index in [0.29, 0.717) is 6.54 Å². The maximum atomic E-state index is 4.75. The van der Waals surface area contributed by atoms with Gasteiger partial charge in [0, 0.05) is 44.0 Å². The van der Waals surface area contributed by atoms with E-state index in [9.17, 15) is 0 Å². The molecule has 1 saturated heterocycles. The fourth-order valence-electron chi connectivity index (χ4n) is 3.52. The van der Waals surface area contributed by atoms with Gasteiger partial charge in [0.1, 0.15) is 0 Å². The number of hydrogen-bond donors (Lipinski definition) is 2. The molecular formula is C19H37IN6. The molecule has 1 aromatic heterocycles. The predicted octanol–water partition coefficient (Wildman–Crippen LogP) is 2.97. The van der Waals surface area contributed by atoms with Crippen molar-refractivity contribution in [3.05, 3.63) is 17.0 Å². The molecular weight excluding hydrogens is 439 g/mol. The van der Waals surface area contributed by atoms with Crippen molar-refractivity contribution in [3.63, 3.8) is 0 Å². The van der Waals surface area contributed by atoms with Gasteiger partial charge in [-0.15, -0.1) is 24.0 Å². The molecule has 0 amide bonds. The molecule has 2 rings (SSSR count). The molecule has 150 valence electrons. The van der Waals surface area contributed by atoms with Crippen molar-refractivity contribution in [2.24, 2.45) is 12.0 Å². The molecule has 1 aliphatic rings. The third-order valence-corrected chi connectivity index (χ3v) is 5.25. The Balaban J connectivity index is 0.00000338. The van der Waals surface area contributed by atoms with E-state index in [-0.39, 0.29) is 24.0 Å². The Hall–Kier alpha value is -0.830. The van der Waals surface area contributed by atoms with Crippen molar-refractivity contribution < 1.29 is 0 Å². The third-order valence-electron chi connectivity index (χ3n) is 5.25. The van der Waals surface area contributed by atoms with Gasteiger partial charge in [-0.1, -0.05) is 6.42 Å². The van der Waals surface area contributed by atoms with Crippen LogP contribution in [0.3, 0.4) is 0 Å². The molecule has 2 heterocycles. The zero-order chi connectivity index (χ0) is 18.2. The summed E-state index contributed by atoms with van der Waals surface area (Å²) in [6.07, 6.45) is 5.24. The third kappa shape index (κ3) is 6.72. The van der Waals surface area contributed by atoms with Crippen LogP contribution in [0.15, 0.2) is 4.99 Å². The lowest BCUT2D eigenvalue weighted by molar-refractivity contribution is 0.159. The molecule has 7 heteroatoms. The molecule has 0 aliphatic carbocycles. The summed E-state index contributed by atoms with van der Waals surface area (Å²) in [5.74, 6) is 0.900. The van der Waals surface area contributed by atoms with Gasteiger partial charge in [0.2, 0.25) is 0 Å². The normalized spacial score (nSPS) is 18.5. The summed E-state index contributed by atoms with van der Waals surface area (Å²) < 4.78 is 1.93. The number of rotatable bonds is 7. The monoisotopic (exact) mass is 476 g/mol. The Labute approximate surface area is 176 Å². The van der Waals surface area contributed by atoms with Crippen LogP contribution in [0.1, 0.15) is 56.5 Å². The molecule has 1 unspecified atom stereocenters. The van der Waals surface area contributed by atoms with E-state index in [2.05, 4.69) is 48.3 Å². The van der Waals surface area contributed by atoms with Gasteiger partial charge in [-0.2, -0.15) is 5.10 Å². The molecule has 2 N–H and O–H groups in total. The Morgan fingerprint density at radius 3 is 2.65 bits per heavy atom. The van der Waals surface area contributed by atoms with Crippen LogP contribution in [0.2, 0.25) is 0 Å². The molecule has 26 heavy (non-hydrogen) atoms. The molecule has 1 aromatic rings. The first-order chi connectivity index (χ1) is 12.0. The minimum absolute atomic E-state index is 0. The van der Waals surface area contributed by atoms with E-state index < -0.39 is 0 Å². The van der Waals surface area contributed by atoms with Crippen LogP contribution in [0.5, 0.6) is 0 Å². The van der Waals surface area contributed by atoms with Crippen molar-refractivity contribution in [1.29, 1.82) is 0 Å². The van der Waals surface area contributed by atoms with Gasteiger partial charge in [-0.25, -0.2) is 4.99 Å². The molecule has 0 spiro atoms. The van der Waals surface area contributed by atoms with Crippen LogP contribution in [0.4, 0.5) is 0 Å². The summed E-state index contributed by atoms with van der Waals surface area (Å²) in [6, 6.07) is 0.743.